The topological polar surface area (TPSA) is 12.9 Å². The third-order valence-corrected chi connectivity index (χ3v) is 2.90. The average Bonchev–Trinajstić information content (AvgIpc) is 2.29. The molecule has 0 atom stereocenters. The van der Waals surface area contributed by atoms with Crippen LogP contribution in [0.15, 0.2) is 36.4 Å². The van der Waals surface area contributed by atoms with E-state index < -0.39 is 0 Å². The van der Waals surface area contributed by atoms with Gasteiger partial charge in [0.1, 0.15) is 0 Å². The Bertz CT molecular complexity index is 497. The molecule has 0 saturated heterocycles. The summed E-state index contributed by atoms with van der Waals surface area (Å²) in [6.07, 6.45) is 2.20. The Balaban J connectivity index is 2.40. The zero-order valence-corrected chi connectivity index (χ0v) is 10.8. The summed E-state index contributed by atoms with van der Waals surface area (Å²) in [6, 6.07) is 13.0. The van der Waals surface area contributed by atoms with Gasteiger partial charge < -0.3 is 0 Å². The van der Waals surface area contributed by atoms with E-state index >= 15 is 0 Å². The van der Waals surface area contributed by atoms with Gasteiger partial charge in [-0.3, -0.25) is 4.98 Å². The summed E-state index contributed by atoms with van der Waals surface area (Å²) >= 11 is 0. The summed E-state index contributed by atoms with van der Waals surface area (Å²) in [5, 5.41) is 0. The minimum atomic E-state index is 1.06. The first-order valence-electron chi connectivity index (χ1n) is 6.23. The largest absolute Gasteiger partial charge is 0.258 e. The Kier molecular flexibility index (Phi) is 3.58. The molecule has 0 unspecified atom stereocenters. The van der Waals surface area contributed by atoms with Gasteiger partial charge in [0.15, 0.2) is 0 Å². The van der Waals surface area contributed by atoms with Gasteiger partial charge in [0.2, 0.25) is 0 Å². The highest BCUT2D eigenvalue weighted by atomic mass is 14.7. The number of rotatable bonds is 3. The SMILES string of the molecule is CCCc1cc(-c2ccc(C)cc2)cc(C)n1. The van der Waals surface area contributed by atoms with E-state index in [-0.39, 0.29) is 0 Å². The zero-order chi connectivity index (χ0) is 12.3. The number of hydrogen-bond donors (Lipinski definition) is 0. The quantitative estimate of drug-likeness (QED) is 0.758. The molecule has 0 spiro atoms. The molecule has 1 heteroatoms. The molecular weight excluding hydrogens is 206 g/mol. The van der Waals surface area contributed by atoms with Gasteiger partial charge in [0.25, 0.3) is 0 Å². The first-order chi connectivity index (χ1) is 8.19. The lowest BCUT2D eigenvalue weighted by Crippen LogP contribution is -1.93. The minimum absolute atomic E-state index is 1.06. The van der Waals surface area contributed by atoms with Crippen LogP contribution in [-0.2, 0) is 6.42 Å². The highest BCUT2D eigenvalue weighted by Gasteiger charge is 2.02. The fourth-order valence-electron chi connectivity index (χ4n) is 2.03. The van der Waals surface area contributed by atoms with Gasteiger partial charge in [-0.2, -0.15) is 0 Å². The van der Waals surface area contributed by atoms with Gasteiger partial charge in [-0.05, 0) is 43.5 Å². The molecule has 1 heterocycles. The number of hydrogen-bond acceptors (Lipinski definition) is 1. The maximum absolute atomic E-state index is 4.57. The second kappa shape index (κ2) is 5.13. The molecule has 0 aliphatic carbocycles. The van der Waals surface area contributed by atoms with Crippen molar-refractivity contribution in [2.24, 2.45) is 0 Å². The van der Waals surface area contributed by atoms with Crippen LogP contribution in [0.3, 0.4) is 0 Å². The lowest BCUT2D eigenvalue weighted by Gasteiger charge is -2.07. The maximum atomic E-state index is 4.57. The maximum Gasteiger partial charge on any atom is 0.0412 e. The van der Waals surface area contributed by atoms with E-state index in [0.29, 0.717) is 0 Å². The molecule has 1 aromatic heterocycles. The Hall–Kier alpha value is -1.63. The van der Waals surface area contributed by atoms with Gasteiger partial charge in [-0.1, -0.05) is 43.2 Å². The summed E-state index contributed by atoms with van der Waals surface area (Å²) in [6.45, 7) is 6.37. The van der Waals surface area contributed by atoms with Crippen molar-refractivity contribution in [3.8, 4) is 11.1 Å². The molecule has 0 amide bonds. The third kappa shape index (κ3) is 2.94. The molecule has 88 valence electrons. The van der Waals surface area contributed by atoms with Crippen molar-refractivity contribution in [3.63, 3.8) is 0 Å². The smallest absolute Gasteiger partial charge is 0.0412 e. The first kappa shape index (κ1) is 11.8. The number of aromatic nitrogens is 1. The molecule has 0 N–H and O–H groups in total. The molecule has 0 bridgehead atoms. The van der Waals surface area contributed by atoms with Crippen LogP contribution in [0.4, 0.5) is 0 Å². The monoisotopic (exact) mass is 225 g/mol. The van der Waals surface area contributed by atoms with E-state index in [1.54, 1.807) is 0 Å². The van der Waals surface area contributed by atoms with E-state index in [4.69, 9.17) is 0 Å². The summed E-state index contributed by atoms with van der Waals surface area (Å²) in [7, 11) is 0. The predicted octanol–water partition coefficient (Wildman–Crippen LogP) is 4.32. The number of benzene rings is 1. The Morgan fingerprint density at radius 1 is 0.941 bits per heavy atom. The van der Waals surface area contributed by atoms with Crippen LogP contribution in [0.1, 0.15) is 30.3 Å². The Morgan fingerprint density at radius 3 is 2.29 bits per heavy atom. The fraction of sp³-hybridized carbons (Fsp3) is 0.312. The van der Waals surface area contributed by atoms with E-state index in [1.165, 1.54) is 22.4 Å². The first-order valence-corrected chi connectivity index (χ1v) is 6.23. The van der Waals surface area contributed by atoms with Crippen molar-refractivity contribution in [2.45, 2.75) is 33.6 Å². The van der Waals surface area contributed by atoms with Crippen molar-refractivity contribution in [3.05, 3.63) is 53.3 Å². The summed E-state index contributed by atoms with van der Waals surface area (Å²) in [5.74, 6) is 0. The fourth-order valence-corrected chi connectivity index (χ4v) is 2.03. The number of aryl methyl sites for hydroxylation is 3. The second-order valence-corrected chi connectivity index (χ2v) is 4.60. The zero-order valence-electron chi connectivity index (χ0n) is 10.8. The van der Waals surface area contributed by atoms with Crippen LogP contribution in [0, 0.1) is 13.8 Å². The predicted molar refractivity (Wildman–Crippen MR) is 73.1 cm³/mol. The Morgan fingerprint density at radius 2 is 1.65 bits per heavy atom. The molecule has 1 aromatic carbocycles. The van der Waals surface area contributed by atoms with Crippen LogP contribution < -0.4 is 0 Å². The molecule has 1 nitrogen and oxygen atoms in total. The second-order valence-electron chi connectivity index (χ2n) is 4.60. The number of pyridine rings is 1. The van der Waals surface area contributed by atoms with Crippen molar-refractivity contribution in [1.82, 2.24) is 4.98 Å². The standard InChI is InChI=1S/C16H19N/c1-4-5-16-11-15(10-13(3)17-16)14-8-6-12(2)7-9-14/h6-11H,4-5H2,1-3H3. The van der Waals surface area contributed by atoms with Crippen molar-refractivity contribution < 1.29 is 0 Å². The van der Waals surface area contributed by atoms with Gasteiger partial charge in [0.05, 0.1) is 0 Å². The molecule has 0 aliphatic heterocycles. The van der Waals surface area contributed by atoms with Crippen LogP contribution in [-0.4, -0.2) is 4.98 Å². The number of nitrogens with zero attached hydrogens (tertiary/aromatic N) is 1. The highest BCUT2D eigenvalue weighted by Crippen LogP contribution is 2.21. The van der Waals surface area contributed by atoms with Crippen LogP contribution in [0.2, 0.25) is 0 Å². The van der Waals surface area contributed by atoms with Gasteiger partial charge in [-0.15, -0.1) is 0 Å². The van der Waals surface area contributed by atoms with Crippen LogP contribution >= 0.6 is 0 Å². The Labute approximate surface area is 104 Å². The highest BCUT2D eigenvalue weighted by molar-refractivity contribution is 5.64. The van der Waals surface area contributed by atoms with Gasteiger partial charge in [0, 0.05) is 11.4 Å². The molecule has 0 radical (unpaired) electrons. The van der Waals surface area contributed by atoms with Crippen molar-refractivity contribution in [2.75, 3.05) is 0 Å². The lowest BCUT2D eigenvalue weighted by atomic mass is 10.0. The van der Waals surface area contributed by atoms with Gasteiger partial charge >= 0.3 is 0 Å². The molecule has 2 rings (SSSR count). The molecule has 2 aromatic rings. The molecular formula is C16H19N. The van der Waals surface area contributed by atoms with E-state index in [1.807, 2.05) is 0 Å². The minimum Gasteiger partial charge on any atom is -0.258 e. The molecule has 0 saturated carbocycles. The normalized spacial score (nSPS) is 10.5. The average molecular weight is 225 g/mol. The summed E-state index contributed by atoms with van der Waals surface area (Å²) in [5.41, 5.74) is 6.15. The van der Waals surface area contributed by atoms with E-state index in [9.17, 15) is 0 Å². The molecule has 0 aliphatic rings. The van der Waals surface area contributed by atoms with E-state index in [0.717, 1.165) is 18.5 Å². The third-order valence-electron chi connectivity index (χ3n) is 2.90. The summed E-state index contributed by atoms with van der Waals surface area (Å²) < 4.78 is 0. The van der Waals surface area contributed by atoms with Crippen LogP contribution in [0.25, 0.3) is 11.1 Å². The van der Waals surface area contributed by atoms with Gasteiger partial charge in [-0.25, -0.2) is 0 Å². The molecule has 17 heavy (non-hydrogen) atoms. The lowest BCUT2D eigenvalue weighted by molar-refractivity contribution is 0.875. The van der Waals surface area contributed by atoms with E-state index in [2.05, 4.69) is 62.2 Å². The van der Waals surface area contributed by atoms with Crippen LogP contribution in [0.5, 0.6) is 0 Å². The summed E-state index contributed by atoms with van der Waals surface area (Å²) in [4.78, 5) is 4.57. The van der Waals surface area contributed by atoms with Crippen molar-refractivity contribution in [1.29, 1.82) is 0 Å². The molecule has 0 fully saturated rings. The van der Waals surface area contributed by atoms with Crippen molar-refractivity contribution >= 4 is 0 Å².